The van der Waals surface area contributed by atoms with Crippen LogP contribution in [0.4, 0.5) is 10.8 Å². The summed E-state index contributed by atoms with van der Waals surface area (Å²) in [5.41, 5.74) is 2.72. The number of anilines is 2. The van der Waals surface area contributed by atoms with E-state index in [9.17, 15) is 9.59 Å². The molecule has 2 amide bonds. The molecule has 5 rings (SSSR count). The maximum Gasteiger partial charge on any atom is 0.270 e. The molecule has 172 valence electrons. The van der Waals surface area contributed by atoms with E-state index in [1.165, 1.54) is 23.1 Å². The lowest BCUT2D eigenvalue weighted by molar-refractivity contribution is -0.118. The van der Waals surface area contributed by atoms with E-state index in [0.29, 0.717) is 20.1 Å². The molecular weight excluding hydrogens is 486 g/mol. The Labute approximate surface area is 211 Å². The van der Waals surface area contributed by atoms with Crippen LogP contribution in [0.25, 0.3) is 6.08 Å². The van der Waals surface area contributed by atoms with Gasteiger partial charge in [0.1, 0.15) is 5.75 Å². The first-order chi connectivity index (χ1) is 16.6. The van der Waals surface area contributed by atoms with E-state index in [-0.39, 0.29) is 18.4 Å². The number of nitrogens with one attached hydrogen (secondary N) is 1. The van der Waals surface area contributed by atoms with Crippen molar-refractivity contribution in [2.75, 3.05) is 16.8 Å². The summed E-state index contributed by atoms with van der Waals surface area (Å²) in [7, 11) is 0. The van der Waals surface area contributed by atoms with Gasteiger partial charge in [-0.15, -0.1) is 11.3 Å². The lowest BCUT2D eigenvalue weighted by atomic mass is 10.0. The van der Waals surface area contributed by atoms with Gasteiger partial charge in [-0.1, -0.05) is 54.3 Å². The molecule has 0 bridgehead atoms. The summed E-state index contributed by atoms with van der Waals surface area (Å²) in [6.07, 6.45) is 6.18. The third-order valence-electron chi connectivity index (χ3n) is 5.45. The van der Waals surface area contributed by atoms with Gasteiger partial charge in [-0.05, 0) is 61.6 Å². The first-order valence-electron chi connectivity index (χ1n) is 10.9. The van der Waals surface area contributed by atoms with Gasteiger partial charge in [-0.25, -0.2) is 4.98 Å². The van der Waals surface area contributed by atoms with E-state index >= 15 is 0 Å². The summed E-state index contributed by atoms with van der Waals surface area (Å²) in [4.78, 5) is 33.0. The van der Waals surface area contributed by atoms with E-state index in [1.54, 1.807) is 28.4 Å². The van der Waals surface area contributed by atoms with Crippen LogP contribution in [0.1, 0.15) is 29.0 Å². The van der Waals surface area contributed by atoms with E-state index in [4.69, 9.17) is 17.0 Å². The van der Waals surface area contributed by atoms with Crippen molar-refractivity contribution in [3.05, 3.63) is 75.6 Å². The first-order valence-corrected chi connectivity index (χ1v) is 13.0. The molecule has 1 saturated heterocycles. The van der Waals surface area contributed by atoms with E-state index in [1.807, 2.05) is 48.5 Å². The average molecular weight is 508 g/mol. The van der Waals surface area contributed by atoms with Crippen molar-refractivity contribution < 1.29 is 14.3 Å². The predicted octanol–water partition coefficient (Wildman–Crippen LogP) is 5.45. The number of benzene rings is 2. The van der Waals surface area contributed by atoms with E-state index in [2.05, 4.69) is 10.3 Å². The SMILES string of the molecule is O=C(COc1ccc(/C=C2\SC(=S)N(c3ccccc3)C2=O)cc1)Nc1nc2c(s1)CCCC2. The standard InChI is InChI=1S/C25H21N3O3S3/c29-22(27-24-26-19-8-4-5-9-20(19)33-24)15-31-18-12-10-16(11-13-18)14-21-23(30)28(25(32)34-21)17-6-2-1-3-7-17/h1-3,6-7,10-14H,4-5,8-9,15H2,(H,26,27,29)/b21-14-. The van der Waals surface area contributed by atoms with Crippen molar-refractivity contribution in [3.63, 3.8) is 0 Å². The van der Waals surface area contributed by atoms with Crippen LogP contribution in [0.3, 0.4) is 0 Å². The molecule has 1 aliphatic carbocycles. The van der Waals surface area contributed by atoms with Crippen molar-refractivity contribution in [1.82, 2.24) is 4.98 Å². The maximum atomic E-state index is 12.9. The Balaban J connectivity index is 1.17. The molecular formula is C25H21N3O3S3. The smallest absolute Gasteiger partial charge is 0.270 e. The second kappa shape index (κ2) is 10.1. The number of carbonyl (C=O) groups is 2. The van der Waals surface area contributed by atoms with Gasteiger partial charge in [0.15, 0.2) is 16.1 Å². The number of hydrogen-bond donors (Lipinski definition) is 1. The highest BCUT2D eigenvalue weighted by Gasteiger charge is 2.33. The molecule has 2 aliphatic rings. The van der Waals surface area contributed by atoms with E-state index < -0.39 is 0 Å². The van der Waals surface area contributed by atoms with Crippen LogP contribution in [0, 0.1) is 0 Å². The highest BCUT2D eigenvalue weighted by molar-refractivity contribution is 8.27. The lowest BCUT2D eigenvalue weighted by Crippen LogP contribution is -2.27. The van der Waals surface area contributed by atoms with Gasteiger partial charge in [0.05, 0.1) is 16.3 Å². The third-order valence-corrected chi connectivity index (χ3v) is 7.82. The zero-order valence-electron chi connectivity index (χ0n) is 18.2. The summed E-state index contributed by atoms with van der Waals surface area (Å²) < 4.78 is 6.13. The van der Waals surface area contributed by atoms with Gasteiger partial charge >= 0.3 is 0 Å². The fraction of sp³-hybridized carbons (Fsp3) is 0.200. The fourth-order valence-electron chi connectivity index (χ4n) is 3.79. The zero-order chi connectivity index (χ0) is 23.5. The Bertz CT molecular complexity index is 1250. The summed E-state index contributed by atoms with van der Waals surface area (Å²) in [6, 6.07) is 16.6. The van der Waals surface area contributed by atoms with Crippen LogP contribution in [-0.4, -0.2) is 27.7 Å². The van der Waals surface area contributed by atoms with Crippen LogP contribution in [-0.2, 0) is 22.4 Å². The maximum absolute atomic E-state index is 12.9. The molecule has 6 nitrogen and oxygen atoms in total. The summed E-state index contributed by atoms with van der Waals surface area (Å²) in [6.45, 7) is -0.0979. The number of para-hydroxylation sites is 1. The number of carbonyl (C=O) groups excluding carboxylic acids is 2. The first kappa shape index (κ1) is 22.8. The van der Waals surface area contributed by atoms with Crippen molar-refractivity contribution in [1.29, 1.82) is 0 Å². The molecule has 34 heavy (non-hydrogen) atoms. The molecule has 0 saturated carbocycles. The lowest BCUT2D eigenvalue weighted by Gasteiger charge is -2.13. The Morgan fingerprint density at radius 3 is 2.65 bits per heavy atom. The number of fused-ring (bicyclic) bond motifs is 1. The summed E-state index contributed by atoms with van der Waals surface area (Å²) in [5, 5.41) is 3.47. The average Bonchev–Trinajstić information content (AvgIpc) is 3.38. The Morgan fingerprint density at radius 2 is 1.88 bits per heavy atom. The van der Waals surface area contributed by atoms with Crippen LogP contribution in [0.15, 0.2) is 59.5 Å². The number of ether oxygens (including phenoxy) is 1. The highest BCUT2D eigenvalue weighted by Crippen LogP contribution is 2.36. The Hall–Kier alpha value is -3.01. The van der Waals surface area contributed by atoms with E-state index in [0.717, 1.165) is 36.2 Å². The number of thiazole rings is 1. The third kappa shape index (κ3) is 5.06. The van der Waals surface area contributed by atoms with Crippen LogP contribution in [0.2, 0.25) is 0 Å². The largest absolute Gasteiger partial charge is 0.484 e. The molecule has 0 unspecified atom stereocenters. The number of thiocarbonyl (C=S) groups is 1. The second-order valence-corrected chi connectivity index (χ2v) is 10.6. The molecule has 1 aliphatic heterocycles. The molecule has 2 heterocycles. The minimum Gasteiger partial charge on any atom is -0.484 e. The predicted molar refractivity (Wildman–Crippen MR) is 141 cm³/mol. The molecule has 0 radical (unpaired) electrons. The monoisotopic (exact) mass is 507 g/mol. The number of hydrogen-bond acceptors (Lipinski definition) is 7. The van der Waals surface area contributed by atoms with Gasteiger partial charge in [0.25, 0.3) is 11.8 Å². The van der Waals surface area contributed by atoms with Crippen molar-refractivity contribution >= 4 is 68.3 Å². The van der Waals surface area contributed by atoms with Crippen molar-refractivity contribution in [2.24, 2.45) is 0 Å². The Kier molecular flexibility index (Phi) is 6.75. The minimum atomic E-state index is -0.236. The molecule has 2 aromatic carbocycles. The van der Waals surface area contributed by atoms with Crippen LogP contribution in [0.5, 0.6) is 5.75 Å². The van der Waals surface area contributed by atoms with Gasteiger partial charge in [0, 0.05) is 4.88 Å². The van der Waals surface area contributed by atoms with Crippen LogP contribution < -0.4 is 15.0 Å². The molecule has 0 spiro atoms. The number of aryl methyl sites for hydroxylation is 2. The normalized spacial score (nSPS) is 16.6. The van der Waals surface area contributed by atoms with Gasteiger partial charge in [0.2, 0.25) is 0 Å². The van der Waals surface area contributed by atoms with Crippen LogP contribution >= 0.6 is 35.3 Å². The fourth-order valence-corrected chi connectivity index (χ4v) is 6.15. The molecule has 1 fully saturated rings. The molecule has 3 aromatic rings. The quantitative estimate of drug-likeness (QED) is 0.354. The Morgan fingerprint density at radius 1 is 1.12 bits per heavy atom. The molecule has 0 atom stereocenters. The summed E-state index contributed by atoms with van der Waals surface area (Å²) >= 11 is 8.24. The zero-order valence-corrected chi connectivity index (χ0v) is 20.6. The minimum absolute atomic E-state index is 0.0979. The second-order valence-electron chi connectivity index (χ2n) is 7.85. The number of amides is 2. The van der Waals surface area contributed by atoms with Gasteiger partial charge < -0.3 is 4.74 Å². The molecule has 1 N–H and O–H groups in total. The van der Waals surface area contributed by atoms with Crippen molar-refractivity contribution in [3.8, 4) is 5.75 Å². The number of rotatable bonds is 6. The number of thioether (sulfide) groups is 1. The highest BCUT2D eigenvalue weighted by atomic mass is 32.2. The summed E-state index contributed by atoms with van der Waals surface area (Å²) in [5.74, 6) is 0.199. The van der Waals surface area contributed by atoms with Crippen molar-refractivity contribution in [2.45, 2.75) is 25.7 Å². The molecule has 9 heteroatoms. The number of nitrogens with zero attached hydrogens (tertiary/aromatic N) is 2. The number of aromatic nitrogens is 1. The van der Waals surface area contributed by atoms with Gasteiger partial charge in [-0.2, -0.15) is 0 Å². The molecule has 1 aromatic heterocycles. The topological polar surface area (TPSA) is 71.5 Å². The van der Waals surface area contributed by atoms with Gasteiger partial charge in [-0.3, -0.25) is 19.8 Å².